The SMILES string of the molecule is CC1=NO[C@H]([C@@H]2O[C@H]3C[C@H](C)CC[C@@H]3C(C)(C)N2S(=O)(=O)c2ccc(C)cc2)C1. The Morgan fingerprint density at radius 3 is 2.41 bits per heavy atom. The van der Waals surface area contributed by atoms with Crippen LogP contribution >= 0.6 is 0 Å². The quantitative estimate of drug-likeness (QED) is 0.739. The van der Waals surface area contributed by atoms with Gasteiger partial charge in [-0.05, 0) is 58.6 Å². The van der Waals surface area contributed by atoms with Crippen LogP contribution in [0.2, 0.25) is 0 Å². The molecule has 29 heavy (non-hydrogen) atoms. The molecule has 0 N–H and O–H groups in total. The van der Waals surface area contributed by atoms with E-state index in [2.05, 4.69) is 12.1 Å². The standard InChI is InChI=1S/C22H32N2O4S/c1-14-6-9-17(10-7-14)29(25,26)24-21(20-13-16(3)23-28-20)27-19-12-15(2)8-11-18(19)22(24,4)5/h6-7,9-10,15,18-21H,8,11-13H2,1-5H3/t15-,18+,19+,20+,21+/m1/s1. The van der Waals surface area contributed by atoms with Crippen LogP contribution < -0.4 is 0 Å². The average Bonchev–Trinajstić information content (AvgIpc) is 3.07. The number of hydrogen-bond donors (Lipinski definition) is 0. The number of hydrogen-bond acceptors (Lipinski definition) is 5. The Hall–Kier alpha value is -1.44. The van der Waals surface area contributed by atoms with Crippen LogP contribution in [-0.2, 0) is 19.6 Å². The molecule has 5 atom stereocenters. The van der Waals surface area contributed by atoms with Gasteiger partial charge in [0, 0.05) is 17.9 Å². The highest BCUT2D eigenvalue weighted by atomic mass is 32.2. The van der Waals surface area contributed by atoms with Crippen molar-refractivity contribution in [3.8, 4) is 0 Å². The lowest BCUT2D eigenvalue weighted by Gasteiger charge is -2.56. The molecule has 0 amide bonds. The van der Waals surface area contributed by atoms with E-state index in [0.29, 0.717) is 17.2 Å². The fraction of sp³-hybridized carbons (Fsp3) is 0.682. The smallest absolute Gasteiger partial charge is 0.245 e. The molecule has 0 spiro atoms. The molecule has 7 heteroatoms. The summed E-state index contributed by atoms with van der Waals surface area (Å²) in [6, 6.07) is 7.04. The molecule has 6 nitrogen and oxygen atoms in total. The first kappa shape index (κ1) is 20.8. The fourth-order valence-electron chi connectivity index (χ4n) is 5.20. The van der Waals surface area contributed by atoms with Gasteiger partial charge in [0.25, 0.3) is 0 Å². The van der Waals surface area contributed by atoms with Crippen molar-refractivity contribution in [3.05, 3.63) is 29.8 Å². The Bertz CT molecular complexity index is 894. The van der Waals surface area contributed by atoms with Crippen molar-refractivity contribution in [2.45, 2.75) is 89.2 Å². The van der Waals surface area contributed by atoms with E-state index in [-0.39, 0.29) is 12.0 Å². The highest BCUT2D eigenvalue weighted by molar-refractivity contribution is 7.89. The van der Waals surface area contributed by atoms with Gasteiger partial charge in [-0.15, -0.1) is 0 Å². The summed E-state index contributed by atoms with van der Waals surface area (Å²) in [6.45, 7) is 10.2. The Kier molecular flexibility index (Phi) is 5.28. The predicted octanol–water partition coefficient (Wildman–Crippen LogP) is 4.09. The van der Waals surface area contributed by atoms with Crippen LogP contribution in [0.4, 0.5) is 0 Å². The van der Waals surface area contributed by atoms with E-state index in [0.717, 1.165) is 30.5 Å². The molecule has 4 rings (SSSR count). The van der Waals surface area contributed by atoms with Gasteiger partial charge in [-0.2, -0.15) is 4.31 Å². The van der Waals surface area contributed by atoms with Crippen molar-refractivity contribution >= 4 is 15.7 Å². The van der Waals surface area contributed by atoms with Crippen molar-refractivity contribution in [1.29, 1.82) is 0 Å². The lowest BCUT2D eigenvalue weighted by molar-refractivity contribution is -0.233. The normalized spacial score (nSPS) is 34.9. The number of nitrogens with zero attached hydrogens (tertiary/aromatic N) is 2. The minimum Gasteiger partial charge on any atom is -0.388 e. The summed E-state index contributed by atoms with van der Waals surface area (Å²) in [5.41, 5.74) is 1.31. The molecule has 0 bridgehead atoms. The first-order valence-corrected chi connectivity index (χ1v) is 12.0. The Balaban J connectivity index is 1.77. The molecule has 160 valence electrons. The van der Waals surface area contributed by atoms with E-state index in [1.54, 1.807) is 16.4 Å². The van der Waals surface area contributed by atoms with Gasteiger partial charge in [0.15, 0.2) is 12.3 Å². The van der Waals surface area contributed by atoms with Gasteiger partial charge < -0.3 is 9.57 Å². The molecular weight excluding hydrogens is 388 g/mol. The maximum absolute atomic E-state index is 13.9. The van der Waals surface area contributed by atoms with Crippen molar-refractivity contribution in [2.75, 3.05) is 0 Å². The van der Waals surface area contributed by atoms with E-state index in [4.69, 9.17) is 9.57 Å². The predicted molar refractivity (Wildman–Crippen MR) is 112 cm³/mol. The number of rotatable bonds is 3. The maximum atomic E-state index is 13.9. The van der Waals surface area contributed by atoms with Crippen molar-refractivity contribution in [2.24, 2.45) is 17.0 Å². The van der Waals surface area contributed by atoms with Gasteiger partial charge in [-0.1, -0.05) is 36.2 Å². The monoisotopic (exact) mass is 420 g/mol. The summed E-state index contributed by atoms with van der Waals surface area (Å²) in [5, 5.41) is 4.08. The number of fused-ring (bicyclic) bond motifs is 1. The minimum atomic E-state index is -3.78. The number of aryl methyl sites for hydroxylation is 1. The zero-order chi connectivity index (χ0) is 21.0. The van der Waals surface area contributed by atoms with Crippen molar-refractivity contribution in [3.63, 3.8) is 0 Å². The molecule has 1 aliphatic carbocycles. The van der Waals surface area contributed by atoms with Gasteiger partial charge in [-0.3, -0.25) is 0 Å². The van der Waals surface area contributed by atoms with Crippen molar-refractivity contribution < 1.29 is 18.0 Å². The highest BCUT2D eigenvalue weighted by Crippen LogP contribution is 2.48. The van der Waals surface area contributed by atoms with E-state index >= 15 is 0 Å². The number of benzene rings is 1. The Labute approximate surface area is 174 Å². The van der Waals surface area contributed by atoms with Gasteiger partial charge in [0.2, 0.25) is 10.0 Å². The number of sulfonamides is 1. The fourth-order valence-corrected chi connectivity index (χ4v) is 7.12. The van der Waals surface area contributed by atoms with Gasteiger partial charge >= 0.3 is 0 Å². The summed E-state index contributed by atoms with van der Waals surface area (Å²) < 4.78 is 35.8. The van der Waals surface area contributed by atoms with E-state index in [1.165, 1.54) is 0 Å². The summed E-state index contributed by atoms with van der Waals surface area (Å²) in [7, 11) is -3.78. The van der Waals surface area contributed by atoms with Gasteiger partial charge in [0.1, 0.15) is 0 Å². The third-order valence-electron chi connectivity index (χ3n) is 6.81. The summed E-state index contributed by atoms with van der Waals surface area (Å²) >= 11 is 0. The van der Waals surface area contributed by atoms with Crippen LogP contribution in [0, 0.1) is 18.8 Å². The molecule has 0 unspecified atom stereocenters. The largest absolute Gasteiger partial charge is 0.388 e. The summed E-state index contributed by atoms with van der Waals surface area (Å²) in [4.78, 5) is 5.94. The molecular formula is C22H32N2O4S. The van der Waals surface area contributed by atoms with Gasteiger partial charge in [0.05, 0.1) is 16.7 Å². The van der Waals surface area contributed by atoms with Crippen LogP contribution in [0.5, 0.6) is 0 Å². The second-order valence-corrected chi connectivity index (χ2v) is 11.3. The first-order chi connectivity index (χ1) is 13.6. The molecule has 0 aromatic heterocycles. The third-order valence-corrected chi connectivity index (χ3v) is 8.88. The second-order valence-electron chi connectivity index (χ2n) is 9.53. The topological polar surface area (TPSA) is 68.2 Å². The number of ether oxygens (including phenoxy) is 1. The van der Waals surface area contributed by atoms with Crippen LogP contribution in [-0.4, -0.2) is 42.4 Å². The molecule has 3 aliphatic rings. The lowest BCUT2D eigenvalue weighted by atomic mass is 9.70. The minimum absolute atomic E-state index is 0.0349. The molecule has 0 radical (unpaired) electrons. The van der Waals surface area contributed by atoms with Crippen molar-refractivity contribution in [1.82, 2.24) is 4.31 Å². The van der Waals surface area contributed by atoms with E-state index in [9.17, 15) is 8.42 Å². The highest BCUT2D eigenvalue weighted by Gasteiger charge is 2.57. The maximum Gasteiger partial charge on any atom is 0.245 e. The Morgan fingerprint density at radius 1 is 1.10 bits per heavy atom. The third kappa shape index (κ3) is 3.62. The van der Waals surface area contributed by atoms with Crippen LogP contribution in [0.25, 0.3) is 0 Å². The summed E-state index contributed by atoms with van der Waals surface area (Å²) in [6.07, 6.45) is 2.51. The van der Waals surface area contributed by atoms with Crippen LogP contribution in [0.3, 0.4) is 0 Å². The molecule has 1 saturated heterocycles. The average molecular weight is 421 g/mol. The van der Waals surface area contributed by atoms with E-state index < -0.39 is 27.9 Å². The zero-order valence-electron chi connectivity index (χ0n) is 18.0. The summed E-state index contributed by atoms with van der Waals surface area (Å²) in [5.74, 6) is 0.731. The molecule has 1 saturated carbocycles. The Morgan fingerprint density at radius 2 is 1.79 bits per heavy atom. The molecule has 2 aliphatic heterocycles. The first-order valence-electron chi connectivity index (χ1n) is 10.6. The van der Waals surface area contributed by atoms with Crippen LogP contribution in [0.1, 0.15) is 58.9 Å². The lowest BCUT2D eigenvalue weighted by Crippen LogP contribution is -2.68. The van der Waals surface area contributed by atoms with E-state index in [1.807, 2.05) is 39.8 Å². The zero-order valence-corrected chi connectivity index (χ0v) is 18.8. The number of oxime groups is 1. The molecule has 1 aromatic carbocycles. The molecule has 2 fully saturated rings. The van der Waals surface area contributed by atoms with Gasteiger partial charge in [-0.25, -0.2) is 8.42 Å². The second kappa shape index (κ2) is 7.36. The van der Waals surface area contributed by atoms with Crippen LogP contribution in [0.15, 0.2) is 34.3 Å². The molecule has 1 aromatic rings. The molecule has 2 heterocycles.